The number of benzene rings is 1. The van der Waals surface area contributed by atoms with Gasteiger partial charge in [0.2, 0.25) is 0 Å². The van der Waals surface area contributed by atoms with Crippen LogP contribution < -0.4 is 0 Å². The van der Waals surface area contributed by atoms with Crippen molar-refractivity contribution in [2.45, 2.75) is 6.92 Å². The van der Waals surface area contributed by atoms with Gasteiger partial charge in [-0.1, -0.05) is 32.7 Å². The van der Waals surface area contributed by atoms with E-state index in [9.17, 15) is 0 Å². The van der Waals surface area contributed by atoms with Gasteiger partial charge in [0.1, 0.15) is 0 Å². The molecule has 2 nitrogen and oxygen atoms in total. The fraction of sp³-hybridized carbons (Fsp3) is 0.125. The summed E-state index contributed by atoms with van der Waals surface area (Å²) in [4.78, 5) is 0. The van der Waals surface area contributed by atoms with Gasteiger partial charge in [0.15, 0.2) is 5.17 Å². The minimum absolute atomic E-state index is 0.0967. The summed E-state index contributed by atoms with van der Waals surface area (Å²) >= 11 is 8.93. The fourth-order valence-corrected chi connectivity index (χ4v) is 1.63. The third-order valence-electron chi connectivity index (χ3n) is 1.37. The van der Waals surface area contributed by atoms with Gasteiger partial charge in [-0.05, 0) is 30.7 Å². The van der Waals surface area contributed by atoms with E-state index in [1.54, 1.807) is 6.07 Å². The lowest BCUT2D eigenvalue weighted by molar-refractivity contribution is 0.321. The van der Waals surface area contributed by atoms with E-state index in [0.717, 1.165) is 10.0 Å². The van der Waals surface area contributed by atoms with E-state index in [1.165, 1.54) is 0 Å². The zero-order valence-electron chi connectivity index (χ0n) is 6.38. The maximum absolute atomic E-state index is 8.41. The molecule has 1 N–H and O–H groups in total. The molecule has 0 saturated heterocycles. The lowest BCUT2D eigenvalue weighted by Gasteiger charge is -1.99. The second-order valence-electron chi connectivity index (χ2n) is 2.41. The molecular weight excluding hydrogens is 241 g/mol. The van der Waals surface area contributed by atoms with Crippen molar-refractivity contribution in [1.82, 2.24) is 0 Å². The van der Waals surface area contributed by atoms with Crippen molar-refractivity contribution >= 4 is 32.7 Å². The van der Waals surface area contributed by atoms with E-state index < -0.39 is 0 Å². The first-order valence-electron chi connectivity index (χ1n) is 3.28. The van der Waals surface area contributed by atoms with E-state index in [-0.39, 0.29) is 5.17 Å². The van der Waals surface area contributed by atoms with Gasteiger partial charge in [0.05, 0.1) is 0 Å². The molecule has 0 saturated carbocycles. The lowest BCUT2D eigenvalue weighted by atomic mass is 10.1. The van der Waals surface area contributed by atoms with Crippen molar-refractivity contribution in [2.24, 2.45) is 5.16 Å². The molecule has 0 spiro atoms. The zero-order valence-corrected chi connectivity index (χ0v) is 8.72. The molecule has 0 aliphatic rings. The number of oxime groups is 1. The summed E-state index contributed by atoms with van der Waals surface area (Å²) in [6, 6.07) is 5.58. The van der Waals surface area contributed by atoms with Crippen LogP contribution in [-0.4, -0.2) is 10.4 Å². The summed E-state index contributed by atoms with van der Waals surface area (Å²) < 4.78 is 0.916. The largest absolute Gasteiger partial charge is 0.410 e. The van der Waals surface area contributed by atoms with Crippen LogP contribution >= 0.6 is 27.5 Å². The summed E-state index contributed by atoms with van der Waals surface area (Å²) in [5.41, 5.74) is 1.76. The molecule has 1 aromatic rings. The van der Waals surface area contributed by atoms with Gasteiger partial charge >= 0.3 is 0 Å². The summed E-state index contributed by atoms with van der Waals surface area (Å²) in [5.74, 6) is 0. The second kappa shape index (κ2) is 3.92. The van der Waals surface area contributed by atoms with Crippen LogP contribution in [0, 0.1) is 6.92 Å². The molecule has 64 valence electrons. The third kappa shape index (κ3) is 2.22. The highest BCUT2D eigenvalue weighted by Gasteiger charge is 2.01. The Labute approximate surface area is 84.0 Å². The molecule has 0 bridgehead atoms. The number of rotatable bonds is 1. The molecule has 0 unspecified atom stereocenters. The molecule has 4 heteroatoms. The standard InChI is InChI=1S/C8H7BrClNO/c1-5-2-6(8(10)11-12)4-7(9)3-5/h2-4,12H,1H3. The third-order valence-corrected chi connectivity index (χ3v) is 2.12. The number of hydrogen-bond acceptors (Lipinski definition) is 2. The molecule has 1 rings (SSSR count). The van der Waals surface area contributed by atoms with Crippen LogP contribution in [0.3, 0.4) is 0 Å². The molecule has 0 aliphatic heterocycles. The van der Waals surface area contributed by atoms with Crippen molar-refractivity contribution in [3.05, 3.63) is 33.8 Å². The average Bonchev–Trinajstić information content (AvgIpc) is 2.01. The predicted molar refractivity (Wildman–Crippen MR) is 53.1 cm³/mol. The van der Waals surface area contributed by atoms with E-state index in [1.807, 2.05) is 19.1 Å². The molecule has 0 heterocycles. The van der Waals surface area contributed by atoms with Gasteiger partial charge in [0.25, 0.3) is 0 Å². The highest BCUT2D eigenvalue weighted by molar-refractivity contribution is 9.10. The van der Waals surface area contributed by atoms with Crippen LogP contribution in [0.1, 0.15) is 11.1 Å². The first-order valence-corrected chi connectivity index (χ1v) is 4.45. The predicted octanol–water partition coefficient (Wildman–Crippen LogP) is 3.13. The Morgan fingerprint density at radius 1 is 1.50 bits per heavy atom. The minimum Gasteiger partial charge on any atom is -0.410 e. The van der Waals surface area contributed by atoms with Crippen molar-refractivity contribution < 1.29 is 5.21 Å². The van der Waals surface area contributed by atoms with Crippen molar-refractivity contribution in [3.63, 3.8) is 0 Å². The molecular formula is C8H7BrClNO. The molecule has 0 aromatic heterocycles. The van der Waals surface area contributed by atoms with Crippen molar-refractivity contribution in [1.29, 1.82) is 0 Å². The van der Waals surface area contributed by atoms with Gasteiger partial charge in [0, 0.05) is 10.0 Å². The average molecular weight is 249 g/mol. The summed E-state index contributed by atoms with van der Waals surface area (Å²) in [6.07, 6.45) is 0. The number of nitrogens with zero attached hydrogens (tertiary/aromatic N) is 1. The van der Waals surface area contributed by atoms with Gasteiger partial charge in [-0.3, -0.25) is 0 Å². The Balaban J connectivity index is 3.17. The Kier molecular flexibility index (Phi) is 3.12. The second-order valence-corrected chi connectivity index (χ2v) is 3.68. The maximum atomic E-state index is 8.41. The monoisotopic (exact) mass is 247 g/mol. The van der Waals surface area contributed by atoms with Gasteiger partial charge in [-0.15, -0.1) is 0 Å². The highest BCUT2D eigenvalue weighted by atomic mass is 79.9. The first kappa shape index (κ1) is 9.55. The first-order chi connectivity index (χ1) is 5.63. The highest BCUT2D eigenvalue weighted by Crippen LogP contribution is 2.16. The summed E-state index contributed by atoms with van der Waals surface area (Å²) in [7, 11) is 0. The molecule has 0 fully saturated rings. The Bertz CT molecular complexity index is 305. The number of aryl methyl sites for hydroxylation is 1. The Morgan fingerprint density at radius 3 is 2.67 bits per heavy atom. The van der Waals surface area contributed by atoms with Crippen LogP contribution in [0.2, 0.25) is 0 Å². The smallest absolute Gasteiger partial charge is 0.175 e. The SMILES string of the molecule is Cc1cc(Br)cc(C(Cl)=NO)c1. The quantitative estimate of drug-likeness (QED) is 0.462. The number of halogens is 2. The molecule has 0 atom stereocenters. The molecule has 0 aliphatic carbocycles. The Morgan fingerprint density at radius 2 is 2.17 bits per heavy atom. The van der Waals surface area contributed by atoms with E-state index >= 15 is 0 Å². The maximum Gasteiger partial charge on any atom is 0.175 e. The molecule has 0 radical (unpaired) electrons. The fourth-order valence-electron chi connectivity index (χ4n) is 0.913. The van der Waals surface area contributed by atoms with E-state index in [4.69, 9.17) is 16.8 Å². The van der Waals surface area contributed by atoms with Gasteiger partial charge < -0.3 is 5.21 Å². The van der Waals surface area contributed by atoms with Crippen LogP contribution in [0.4, 0.5) is 0 Å². The van der Waals surface area contributed by atoms with Crippen LogP contribution in [0.15, 0.2) is 27.8 Å². The number of hydrogen-bond donors (Lipinski definition) is 1. The Hall–Kier alpha value is -0.540. The van der Waals surface area contributed by atoms with Crippen molar-refractivity contribution in [3.8, 4) is 0 Å². The normalized spacial score (nSPS) is 11.8. The molecule has 1 aromatic carbocycles. The van der Waals surface area contributed by atoms with E-state index in [2.05, 4.69) is 21.1 Å². The van der Waals surface area contributed by atoms with Crippen LogP contribution in [0.5, 0.6) is 0 Å². The van der Waals surface area contributed by atoms with E-state index in [0.29, 0.717) is 5.56 Å². The van der Waals surface area contributed by atoms with Crippen LogP contribution in [-0.2, 0) is 0 Å². The molecule has 12 heavy (non-hydrogen) atoms. The minimum atomic E-state index is 0.0967. The zero-order chi connectivity index (χ0) is 9.14. The topological polar surface area (TPSA) is 32.6 Å². The summed E-state index contributed by atoms with van der Waals surface area (Å²) in [6.45, 7) is 1.94. The van der Waals surface area contributed by atoms with Gasteiger partial charge in [-0.2, -0.15) is 0 Å². The molecule has 0 amide bonds. The van der Waals surface area contributed by atoms with Crippen LogP contribution in [0.25, 0.3) is 0 Å². The summed E-state index contributed by atoms with van der Waals surface area (Å²) in [5, 5.41) is 11.4. The lowest BCUT2D eigenvalue weighted by Crippen LogP contribution is -1.91. The van der Waals surface area contributed by atoms with Crippen molar-refractivity contribution in [2.75, 3.05) is 0 Å². The van der Waals surface area contributed by atoms with Gasteiger partial charge in [-0.25, -0.2) is 0 Å².